The summed E-state index contributed by atoms with van der Waals surface area (Å²) < 4.78 is 41.2. The lowest BCUT2D eigenvalue weighted by Gasteiger charge is -2.06. The van der Waals surface area contributed by atoms with Gasteiger partial charge in [0.2, 0.25) is 16.7 Å². The number of carbonyl (C=O) groups is 3. The van der Waals surface area contributed by atoms with Crippen molar-refractivity contribution in [3.8, 4) is 33.4 Å². The van der Waals surface area contributed by atoms with Gasteiger partial charge in [-0.15, -0.1) is 0 Å². The molecule has 0 aliphatic carbocycles. The second-order valence-corrected chi connectivity index (χ2v) is 18.5. The summed E-state index contributed by atoms with van der Waals surface area (Å²) in [7, 11) is 0. The van der Waals surface area contributed by atoms with Gasteiger partial charge in [-0.2, -0.15) is 0 Å². The fourth-order valence-corrected chi connectivity index (χ4v) is 8.22. The smallest absolute Gasteiger partial charge is 0.303 e. The number of hydrogen-bond donors (Lipinski definition) is 5. The third kappa shape index (κ3) is 20.6. The van der Waals surface area contributed by atoms with E-state index in [4.69, 9.17) is 10.8 Å². The van der Waals surface area contributed by atoms with Crippen molar-refractivity contribution < 1.29 is 32.7 Å². The number of nitrogens with two attached hydrogens (primary N) is 1. The Morgan fingerprint density at radius 3 is 0.962 bits per heavy atom. The second kappa shape index (κ2) is 31.0. The lowest BCUT2D eigenvalue weighted by atomic mass is 10.00. The lowest BCUT2D eigenvalue weighted by Crippen LogP contribution is -2.07. The maximum absolute atomic E-state index is 13.8. The molecule has 0 unspecified atom stereocenters. The molecule has 0 aliphatic rings. The summed E-state index contributed by atoms with van der Waals surface area (Å²) >= 11 is 0. The summed E-state index contributed by atoms with van der Waals surface area (Å²) in [6.07, 6.45) is 10.9. The maximum atomic E-state index is 13.8. The van der Waals surface area contributed by atoms with Crippen LogP contribution in [0.3, 0.4) is 0 Å². The van der Waals surface area contributed by atoms with Gasteiger partial charge in [0.1, 0.15) is 29.0 Å². The minimum atomic E-state index is -0.775. The molecule has 9 aromatic rings. The summed E-state index contributed by atoms with van der Waals surface area (Å²) in [4.78, 5) is 74.4. The van der Waals surface area contributed by atoms with Gasteiger partial charge in [0, 0.05) is 91.3 Å². The average Bonchev–Trinajstić information content (AvgIpc) is 3.45. The minimum Gasteiger partial charge on any atom is -0.481 e. The first kappa shape index (κ1) is 58.8. The van der Waals surface area contributed by atoms with Gasteiger partial charge in [0.15, 0.2) is 0 Å². The molecule has 0 atom stereocenters. The number of aromatic nitrogens is 3. The first-order chi connectivity index (χ1) is 38.2. The summed E-state index contributed by atoms with van der Waals surface area (Å²) in [5, 5.41) is 8.57. The third-order valence-electron chi connectivity index (χ3n) is 12.4. The molecule has 0 saturated heterocycles. The van der Waals surface area contributed by atoms with E-state index in [9.17, 15) is 41.9 Å². The van der Waals surface area contributed by atoms with E-state index in [1.54, 1.807) is 73.1 Å². The van der Waals surface area contributed by atoms with Crippen molar-refractivity contribution in [3.63, 3.8) is 0 Å². The number of aryl methyl sites for hydroxylation is 3. The van der Waals surface area contributed by atoms with Crippen LogP contribution >= 0.6 is 0 Å². The molecule has 0 spiro atoms. The highest BCUT2D eigenvalue weighted by atomic mass is 19.1. The van der Waals surface area contributed by atoms with Crippen LogP contribution in [0.5, 0.6) is 0 Å². The van der Waals surface area contributed by atoms with Crippen LogP contribution in [-0.4, -0.2) is 37.6 Å². The Balaban J connectivity index is 0.000000180. The maximum Gasteiger partial charge on any atom is 0.303 e. The number of nitrogens with one attached hydrogen (secondary N) is 3. The molecular weight excluding hydrogens is 1010 g/mol. The summed E-state index contributed by atoms with van der Waals surface area (Å²) in [6.45, 7) is 0. The highest BCUT2D eigenvalue weighted by Crippen LogP contribution is 2.26. The Hall–Kier alpha value is -9.43. The average molecular weight is 1070 g/mol. The molecule has 404 valence electrons. The number of carboxylic acids is 1. The van der Waals surface area contributed by atoms with Gasteiger partial charge in [0.05, 0.1) is 0 Å². The Labute approximate surface area is 455 Å². The first-order valence-electron chi connectivity index (χ1n) is 25.7. The third-order valence-corrected chi connectivity index (χ3v) is 12.4. The molecule has 0 aliphatic heterocycles. The van der Waals surface area contributed by atoms with Crippen LogP contribution in [0, 0.1) is 17.5 Å². The number of pyridine rings is 3. The summed E-state index contributed by atoms with van der Waals surface area (Å²) in [5.41, 5.74) is 14.6. The molecule has 3 aromatic heterocycles. The van der Waals surface area contributed by atoms with E-state index >= 15 is 0 Å². The Bertz CT molecular complexity index is 3360. The van der Waals surface area contributed by atoms with E-state index in [-0.39, 0.29) is 52.1 Å². The van der Waals surface area contributed by atoms with Crippen molar-refractivity contribution >= 4 is 23.2 Å². The van der Waals surface area contributed by atoms with Crippen molar-refractivity contribution in [3.05, 3.63) is 277 Å². The number of hydrogen-bond acceptors (Lipinski definition) is 7. The van der Waals surface area contributed by atoms with Gasteiger partial charge >= 0.3 is 5.97 Å². The molecule has 0 radical (unpaired) electrons. The molecular formula is C65H61F3N4O7. The highest BCUT2D eigenvalue weighted by molar-refractivity contribution is 5.81. The number of H-pyrrole nitrogens is 3. The van der Waals surface area contributed by atoms with Crippen molar-refractivity contribution in [1.29, 1.82) is 0 Å². The van der Waals surface area contributed by atoms with Crippen LogP contribution in [0.2, 0.25) is 0 Å². The molecule has 0 saturated carbocycles. The SMILES string of the molecule is Nc1ccc(=O)[nH]c1.O=C(CCCc1ccc(-c2ccccc2F)cc1)Cc1ccc(=O)[nH]c1.O=C(CCCc1ccc(-c2ccccc2F)cc1)Cc1ccc(=O)[nH]c1.O=C(O)CCCc1ccc(-c2ccccc2F)cc1. The number of aliphatic carboxylic acids is 1. The van der Waals surface area contributed by atoms with Crippen molar-refractivity contribution in [2.24, 2.45) is 0 Å². The van der Waals surface area contributed by atoms with Crippen molar-refractivity contribution in [1.82, 2.24) is 15.0 Å². The number of halogens is 3. The predicted octanol–water partition coefficient (Wildman–Crippen LogP) is 12.5. The van der Waals surface area contributed by atoms with Gasteiger partial charge in [-0.25, -0.2) is 13.2 Å². The fourth-order valence-electron chi connectivity index (χ4n) is 8.22. The van der Waals surface area contributed by atoms with Gasteiger partial charge in [-0.3, -0.25) is 28.8 Å². The zero-order chi connectivity index (χ0) is 56.4. The van der Waals surface area contributed by atoms with Gasteiger partial charge in [0.25, 0.3) is 0 Å². The molecule has 9 rings (SSSR count). The van der Waals surface area contributed by atoms with Gasteiger partial charge in [-0.1, -0.05) is 140 Å². The summed E-state index contributed by atoms with van der Waals surface area (Å²) in [5.74, 6) is -1.16. The normalized spacial score (nSPS) is 10.4. The Kier molecular flexibility index (Phi) is 23.0. The second-order valence-electron chi connectivity index (χ2n) is 18.5. The number of anilines is 1. The van der Waals surface area contributed by atoms with Gasteiger partial charge in [-0.05, 0) is 107 Å². The first-order valence-corrected chi connectivity index (χ1v) is 25.7. The minimum absolute atomic E-state index is 0.126. The molecule has 0 amide bonds. The monoisotopic (exact) mass is 1070 g/mol. The van der Waals surface area contributed by atoms with Crippen LogP contribution in [0.25, 0.3) is 33.4 Å². The van der Waals surface area contributed by atoms with Crippen LogP contribution in [0.15, 0.2) is 215 Å². The fraction of sp³-hybridized carbons (Fsp3) is 0.169. The number of aromatic amines is 3. The Morgan fingerprint density at radius 1 is 0.380 bits per heavy atom. The highest BCUT2D eigenvalue weighted by Gasteiger charge is 2.09. The number of ketones is 2. The molecule has 0 bridgehead atoms. The van der Waals surface area contributed by atoms with Crippen LogP contribution in [0.1, 0.15) is 66.3 Å². The molecule has 14 heteroatoms. The number of nitrogen functional groups attached to an aromatic ring is 1. The Morgan fingerprint density at radius 2 is 0.684 bits per heavy atom. The zero-order valence-electron chi connectivity index (χ0n) is 43.4. The van der Waals surface area contributed by atoms with Crippen LogP contribution < -0.4 is 22.4 Å². The van der Waals surface area contributed by atoms with Crippen LogP contribution in [0.4, 0.5) is 18.9 Å². The van der Waals surface area contributed by atoms with E-state index in [1.165, 1.54) is 42.6 Å². The number of carboxylic acid groups (broad SMARTS) is 1. The molecule has 3 heterocycles. The van der Waals surface area contributed by atoms with E-state index in [1.807, 2.05) is 84.9 Å². The standard InChI is InChI=1S/2C22H20FNO2.C16H15FO2.C5H6N2O/c2*23-21-7-2-1-6-20(21)18-11-8-16(9-12-18)4-3-5-19(25)14-17-10-13-22(26)24-15-17;17-15-6-2-1-5-14(15)13-10-8-12(9-11-13)4-3-7-16(18)19;6-4-1-2-5(8)7-3-4/h2*1-2,6-13,15H,3-5,14H2,(H,24,26);1-2,5-6,8-11H,3-4,7H2,(H,18,19);1-3H,6H2,(H,7,8). The topological polar surface area (TPSA) is 196 Å². The molecule has 6 aromatic carbocycles. The molecule has 79 heavy (non-hydrogen) atoms. The number of carbonyl (C=O) groups excluding carboxylic acids is 2. The van der Waals surface area contributed by atoms with Gasteiger partial charge < -0.3 is 25.8 Å². The zero-order valence-corrected chi connectivity index (χ0v) is 43.4. The number of rotatable bonds is 19. The van der Waals surface area contributed by atoms with E-state index in [0.29, 0.717) is 54.5 Å². The largest absolute Gasteiger partial charge is 0.481 e. The quantitative estimate of drug-likeness (QED) is 0.0527. The van der Waals surface area contributed by atoms with Crippen LogP contribution in [-0.2, 0) is 46.5 Å². The van der Waals surface area contributed by atoms with E-state index in [0.717, 1.165) is 76.6 Å². The molecule has 0 fully saturated rings. The van der Waals surface area contributed by atoms with E-state index in [2.05, 4.69) is 15.0 Å². The predicted molar refractivity (Wildman–Crippen MR) is 305 cm³/mol. The molecule has 6 N–H and O–H groups in total. The lowest BCUT2D eigenvalue weighted by molar-refractivity contribution is -0.137. The van der Waals surface area contributed by atoms with E-state index < -0.39 is 5.97 Å². The number of benzene rings is 6. The van der Waals surface area contributed by atoms with Crippen molar-refractivity contribution in [2.45, 2.75) is 70.6 Å². The molecule has 11 nitrogen and oxygen atoms in total. The number of Topliss-reactive ketones (excluding diaryl/α,β-unsaturated/α-hetero) is 2. The summed E-state index contributed by atoms with van der Waals surface area (Å²) in [6, 6.07) is 52.4. The van der Waals surface area contributed by atoms with Crippen molar-refractivity contribution in [2.75, 3.05) is 5.73 Å².